The Morgan fingerprint density at radius 2 is 2.16 bits per heavy atom. The number of hydrogen-bond donors (Lipinski definition) is 2. The molecule has 0 spiro atoms. The second-order valence-corrected chi connectivity index (χ2v) is 5.25. The normalized spacial score (nSPS) is 15.8. The number of amides is 1. The molecule has 130 valence electrons. The standard InChI is InChI=1S/C18H18N2O5/c1-2-23-13-8-7-12(14(21)9-13)10-19-20-18(22)17-11-24-15-5-3-4-6-16(15)25-17/h3-10,17,21H,2,11H2,1H3,(H,20,22)/b19-10-. The first-order chi connectivity index (χ1) is 12.2. The number of fused-ring (bicyclic) bond motifs is 1. The lowest BCUT2D eigenvalue weighted by molar-refractivity contribution is -0.130. The molecular weight excluding hydrogens is 324 g/mol. The number of ether oxygens (including phenoxy) is 3. The first-order valence-corrected chi connectivity index (χ1v) is 7.84. The topological polar surface area (TPSA) is 89.4 Å². The molecule has 7 heteroatoms. The molecule has 2 aromatic rings. The van der Waals surface area contributed by atoms with Crippen LogP contribution in [0.25, 0.3) is 0 Å². The molecule has 1 heterocycles. The summed E-state index contributed by atoms with van der Waals surface area (Å²) in [6.45, 7) is 2.47. The summed E-state index contributed by atoms with van der Waals surface area (Å²) in [5.74, 6) is 1.26. The molecule has 2 N–H and O–H groups in total. The molecule has 1 amide bonds. The number of aromatic hydroxyl groups is 1. The molecule has 25 heavy (non-hydrogen) atoms. The summed E-state index contributed by atoms with van der Waals surface area (Å²) in [4.78, 5) is 12.1. The van der Waals surface area contributed by atoms with Crippen molar-refractivity contribution in [1.82, 2.24) is 5.43 Å². The van der Waals surface area contributed by atoms with E-state index in [2.05, 4.69) is 10.5 Å². The van der Waals surface area contributed by atoms with E-state index in [1.807, 2.05) is 13.0 Å². The van der Waals surface area contributed by atoms with Gasteiger partial charge in [-0.25, -0.2) is 5.43 Å². The minimum Gasteiger partial charge on any atom is -0.507 e. The summed E-state index contributed by atoms with van der Waals surface area (Å²) < 4.78 is 16.4. The highest BCUT2D eigenvalue weighted by atomic mass is 16.6. The van der Waals surface area contributed by atoms with Gasteiger partial charge in [0.05, 0.1) is 12.8 Å². The lowest BCUT2D eigenvalue weighted by atomic mass is 10.2. The third-order valence-electron chi connectivity index (χ3n) is 3.49. The van der Waals surface area contributed by atoms with Crippen molar-refractivity contribution < 1.29 is 24.1 Å². The number of carbonyl (C=O) groups is 1. The number of para-hydroxylation sites is 2. The fraction of sp³-hybridized carbons (Fsp3) is 0.222. The predicted molar refractivity (Wildman–Crippen MR) is 91.4 cm³/mol. The molecule has 0 saturated heterocycles. The van der Waals surface area contributed by atoms with Gasteiger partial charge < -0.3 is 19.3 Å². The Labute approximate surface area is 144 Å². The second kappa shape index (κ2) is 7.57. The van der Waals surface area contributed by atoms with Crippen LogP contribution in [0.3, 0.4) is 0 Å². The van der Waals surface area contributed by atoms with Gasteiger partial charge >= 0.3 is 0 Å². The number of rotatable bonds is 5. The van der Waals surface area contributed by atoms with Crippen molar-refractivity contribution in [2.75, 3.05) is 13.2 Å². The Bertz CT molecular complexity index is 791. The SMILES string of the molecule is CCOc1ccc(/C=N\NC(=O)C2COc3ccccc3O2)c(O)c1. The van der Waals surface area contributed by atoms with Crippen molar-refractivity contribution in [2.45, 2.75) is 13.0 Å². The van der Waals surface area contributed by atoms with Crippen molar-refractivity contribution >= 4 is 12.1 Å². The van der Waals surface area contributed by atoms with Gasteiger partial charge in [-0.05, 0) is 31.2 Å². The van der Waals surface area contributed by atoms with E-state index >= 15 is 0 Å². The number of hydrazone groups is 1. The highest BCUT2D eigenvalue weighted by molar-refractivity contribution is 5.86. The van der Waals surface area contributed by atoms with Gasteiger partial charge in [0.1, 0.15) is 18.1 Å². The van der Waals surface area contributed by atoms with Crippen LogP contribution in [0.1, 0.15) is 12.5 Å². The fourth-order valence-corrected chi connectivity index (χ4v) is 2.28. The van der Waals surface area contributed by atoms with E-state index in [-0.39, 0.29) is 12.4 Å². The van der Waals surface area contributed by atoms with Crippen LogP contribution in [0, 0.1) is 0 Å². The number of nitrogens with one attached hydrogen (secondary N) is 1. The number of hydrogen-bond acceptors (Lipinski definition) is 6. The Morgan fingerprint density at radius 3 is 2.92 bits per heavy atom. The monoisotopic (exact) mass is 342 g/mol. The van der Waals surface area contributed by atoms with Gasteiger partial charge in [0.15, 0.2) is 11.5 Å². The highest BCUT2D eigenvalue weighted by Gasteiger charge is 2.26. The van der Waals surface area contributed by atoms with Crippen LogP contribution in [-0.2, 0) is 4.79 Å². The molecule has 1 atom stereocenters. The van der Waals surface area contributed by atoms with Gasteiger partial charge in [0.2, 0.25) is 6.10 Å². The maximum absolute atomic E-state index is 12.1. The minimum atomic E-state index is -0.791. The van der Waals surface area contributed by atoms with Gasteiger partial charge in [-0.1, -0.05) is 12.1 Å². The van der Waals surface area contributed by atoms with Gasteiger partial charge in [0.25, 0.3) is 5.91 Å². The van der Waals surface area contributed by atoms with Crippen LogP contribution in [0.5, 0.6) is 23.0 Å². The van der Waals surface area contributed by atoms with E-state index in [0.29, 0.717) is 29.4 Å². The molecule has 1 aliphatic heterocycles. The van der Waals surface area contributed by atoms with Crippen molar-refractivity contribution in [3.8, 4) is 23.0 Å². The van der Waals surface area contributed by atoms with E-state index < -0.39 is 12.0 Å². The largest absolute Gasteiger partial charge is 0.507 e. The average Bonchev–Trinajstić information content (AvgIpc) is 2.63. The van der Waals surface area contributed by atoms with Crippen molar-refractivity contribution in [1.29, 1.82) is 0 Å². The maximum atomic E-state index is 12.1. The molecule has 0 aromatic heterocycles. The molecule has 0 radical (unpaired) electrons. The molecule has 3 rings (SSSR count). The van der Waals surface area contributed by atoms with Crippen LogP contribution >= 0.6 is 0 Å². The molecule has 1 aliphatic rings. The summed E-state index contributed by atoms with van der Waals surface area (Å²) in [5.41, 5.74) is 2.84. The molecule has 1 unspecified atom stereocenters. The summed E-state index contributed by atoms with van der Waals surface area (Å²) in [5, 5.41) is 13.8. The first-order valence-electron chi connectivity index (χ1n) is 7.84. The van der Waals surface area contributed by atoms with Crippen LogP contribution in [-0.4, -0.2) is 36.5 Å². The molecular formula is C18H18N2O5. The number of phenolic OH excluding ortho intramolecular Hbond substituents is 1. The zero-order valence-corrected chi connectivity index (χ0v) is 13.6. The van der Waals surface area contributed by atoms with Crippen molar-refractivity contribution in [3.63, 3.8) is 0 Å². The average molecular weight is 342 g/mol. The third-order valence-corrected chi connectivity index (χ3v) is 3.49. The molecule has 0 bridgehead atoms. The lowest BCUT2D eigenvalue weighted by Gasteiger charge is -2.24. The smallest absolute Gasteiger partial charge is 0.284 e. The Hall–Kier alpha value is -3.22. The highest BCUT2D eigenvalue weighted by Crippen LogP contribution is 2.30. The Balaban J connectivity index is 1.58. The number of benzene rings is 2. The van der Waals surface area contributed by atoms with Gasteiger partial charge in [-0.3, -0.25) is 4.79 Å². The summed E-state index contributed by atoms with van der Waals surface area (Å²) in [7, 11) is 0. The quantitative estimate of drug-likeness (QED) is 0.641. The lowest BCUT2D eigenvalue weighted by Crippen LogP contribution is -2.42. The third kappa shape index (κ3) is 4.00. The number of nitrogens with zero attached hydrogens (tertiary/aromatic N) is 1. The van der Waals surface area contributed by atoms with Gasteiger partial charge in [0, 0.05) is 11.6 Å². The van der Waals surface area contributed by atoms with E-state index in [9.17, 15) is 9.90 Å². The summed E-state index contributed by atoms with van der Waals surface area (Å²) in [6.07, 6.45) is 0.557. The molecule has 7 nitrogen and oxygen atoms in total. The van der Waals surface area contributed by atoms with Gasteiger partial charge in [-0.15, -0.1) is 0 Å². The Kier molecular flexibility index (Phi) is 5.03. The van der Waals surface area contributed by atoms with Crippen LogP contribution in [0.2, 0.25) is 0 Å². The van der Waals surface area contributed by atoms with E-state index in [1.165, 1.54) is 12.3 Å². The van der Waals surface area contributed by atoms with Crippen LogP contribution in [0.15, 0.2) is 47.6 Å². The van der Waals surface area contributed by atoms with E-state index in [1.54, 1.807) is 30.3 Å². The van der Waals surface area contributed by atoms with Gasteiger partial charge in [-0.2, -0.15) is 5.10 Å². The molecule has 0 fully saturated rings. The Morgan fingerprint density at radius 1 is 1.36 bits per heavy atom. The first kappa shape index (κ1) is 16.6. The molecule has 2 aromatic carbocycles. The minimum absolute atomic E-state index is 0.00938. The zero-order chi connectivity index (χ0) is 17.6. The van der Waals surface area contributed by atoms with Crippen LogP contribution in [0.4, 0.5) is 0 Å². The van der Waals surface area contributed by atoms with Crippen molar-refractivity contribution in [3.05, 3.63) is 48.0 Å². The zero-order valence-electron chi connectivity index (χ0n) is 13.6. The van der Waals surface area contributed by atoms with Crippen molar-refractivity contribution in [2.24, 2.45) is 5.10 Å². The van der Waals surface area contributed by atoms with Crippen LogP contribution < -0.4 is 19.6 Å². The molecule has 0 aliphatic carbocycles. The number of carbonyl (C=O) groups excluding carboxylic acids is 1. The molecule has 0 saturated carbocycles. The summed E-state index contributed by atoms with van der Waals surface area (Å²) in [6, 6.07) is 12.0. The predicted octanol–water partition coefficient (Wildman–Crippen LogP) is 2.08. The van der Waals surface area contributed by atoms with E-state index in [4.69, 9.17) is 14.2 Å². The van der Waals surface area contributed by atoms with E-state index in [0.717, 1.165) is 0 Å². The fourth-order valence-electron chi connectivity index (χ4n) is 2.28. The summed E-state index contributed by atoms with van der Waals surface area (Å²) >= 11 is 0. The number of phenols is 1. The maximum Gasteiger partial charge on any atom is 0.284 e. The second-order valence-electron chi connectivity index (χ2n) is 5.25.